The van der Waals surface area contributed by atoms with Gasteiger partial charge in [-0.05, 0) is 43.3 Å². The third kappa shape index (κ3) is 2.12. The predicted octanol–water partition coefficient (Wildman–Crippen LogP) is 1.91. The van der Waals surface area contributed by atoms with Crippen LogP contribution in [0.5, 0.6) is 5.75 Å². The molecule has 2 aromatic heterocycles. The first-order chi connectivity index (χ1) is 9.83. The minimum atomic E-state index is 0.571. The zero-order valence-corrected chi connectivity index (χ0v) is 11.3. The molecule has 3 aromatic rings. The number of benzene rings is 1. The molecule has 0 aliphatic rings. The van der Waals surface area contributed by atoms with Crippen molar-refractivity contribution in [3.05, 3.63) is 48.3 Å². The number of nitrogens with zero attached hydrogens (tertiary/aromatic N) is 3. The van der Waals surface area contributed by atoms with Gasteiger partial charge in [-0.2, -0.15) is 5.10 Å². The van der Waals surface area contributed by atoms with Gasteiger partial charge >= 0.3 is 0 Å². The normalized spacial score (nSPS) is 10.9. The average Bonchev–Trinajstić information content (AvgIpc) is 2.87. The number of methoxy groups -OCH3 is 1. The zero-order valence-electron chi connectivity index (χ0n) is 11.3. The Hall–Kier alpha value is -2.40. The predicted molar refractivity (Wildman–Crippen MR) is 77.7 cm³/mol. The Balaban J connectivity index is 2.15. The first kappa shape index (κ1) is 12.6. The van der Waals surface area contributed by atoms with Gasteiger partial charge < -0.3 is 10.5 Å². The smallest absolute Gasteiger partial charge is 0.158 e. The molecular formula is C15H16N4O. The van der Waals surface area contributed by atoms with E-state index < -0.39 is 0 Å². The van der Waals surface area contributed by atoms with Gasteiger partial charge in [-0.15, -0.1) is 0 Å². The molecule has 0 radical (unpaired) electrons. The second-order valence-electron chi connectivity index (χ2n) is 4.48. The van der Waals surface area contributed by atoms with Crippen molar-refractivity contribution in [3.8, 4) is 17.0 Å². The van der Waals surface area contributed by atoms with Crippen molar-refractivity contribution in [1.82, 2.24) is 14.6 Å². The maximum absolute atomic E-state index is 5.72. The lowest BCUT2D eigenvalue weighted by Crippen LogP contribution is -2.03. The first-order valence-electron chi connectivity index (χ1n) is 6.50. The number of nitrogens with two attached hydrogens (primary N) is 1. The van der Waals surface area contributed by atoms with E-state index in [2.05, 4.69) is 10.1 Å². The molecule has 0 amide bonds. The number of hydrogen-bond donors (Lipinski definition) is 1. The number of aromatic nitrogens is 3. The number of hydrogen-bond acceptors (Lipinski definition) is 4. The summed E-state index contributed by atoms with van der Waals surface area (Å²) < 4.78 is 6.98. The Labute approximate surface area is 117 Å². The maximum Gasteiger partial charge on any atom is 0.158 e. The van der Waals surface area contributed by atoms with Crippen molar-refractivity contribution >= 4 is 5.65 Å². The molecule has 20 heavy (non-hydrogen) atoms. The van der Waals surface area contributed by atoms with E-state index >= 15 is 0 Å². The third-order valence-corrected chi connectivity index (χ3v) is 3.25. The Kier molecular flexibility index (Phi) is 3.35. The summed E-state index contributed by atoms with van der Waals surface area (Å²) in [5.74, 6) is 0.830. The van der Waals surface area contributed by atoms with Gasteiger partial charge in [0.25, 0.3) is 0 Å². The molecule has 5 heteroatoms. The van der Waals surface area contributed by atoms with Crippen LogP contribution in [0.4, 0.5) is 0 Å². The van der Waals surface area contributed by atoms with Crippen molar-refractivity contribution in [2.24, 2.45) is 5.73 Å². The Morgan fingerprint density at radius 2 is 2.05 bits per heavy atom. The second-order valence-corrected chi connectivity index (χ2v) is 4.48. The van der Waals surface area contributed by atoms with Gasteiger partial charge in [-0.25, -0.2) is 9.50 Å². The third-order valence-electron chi connectivity index (χ3n) is 3.25. The van der Waals surface area contributed by atoms with E-state index in [4.69, 9.17) is 10.5 Å². The van der Waals surface area contributed by atoms with E-state index in [1.165, 1.54) is 0 Å². The van der Waals surface area contributed by atoms with Crippen LogP contribution in [0.25, 0.3) is 16.9 Å². The fraction of sp³-hybridized carbons (Fsp3) is 0.200. The quantitative estimate of drug-likeness (QED) is 0.785. The summed E-state index contributed by atoms with van der Waals surface area (Å²) in [4.78, 5) is 4.40. The highest BCUT2D eigenvalue weighted by Crippen LogP contribution is 2.27. The van der Waals surface area contributed by atoms with Gasteiger partial charge in [0.15, 0.2) is 5.65 Å². The molecule has 1 aromatic carbocycles. The summed E-state index contributed by atoms with van der Waals surface area (Å²) in [7, 11) is 1.66. The van der Waals surface area contributed by atoms with Gasteiger partial charge in [-0.1, -0.05) is 0 Å². The van der Waals surface area contributed by atoms with Crippen molar-refractivity contribution < 1.29 is 4.74 Å². The molecule has 0 atom stereocenters. The summed E-state index contributed by atoms with van der Waals surface area (Å²) in [6.45, 7) is 0.571. The molecule has 3 rings (SSSR count). The number of rotatable bonds is 4. The monoisotopic (exact) mass is 268 g/mol. The van der Waals surface area contributed by atoms with Crippen LogP contribution in [0.15, 0.2) is 42.7 Å². The summed E-state index contributed by atoms with van der Waals surface area (Å²) in [5, 5.41) is 4.61. The fourth-order valence-corrected chi connectivity index (χ4v) is 2.29. The highest BCUT2D eigenvalue weighted by molar-refractivity contribution is 5.71. The maximum atomic E-state index is 5.72. The van der Waals surface area contributed by atoms with E-state index in [9.17, 15) is 0 Å². The van der Waals surface area contributed by atoms with E-state index in [0.717, 1.165) is 34.6 Å². The van der Waals surface area contributed by atoms with Gasteiger partial charge in [0.1, 0.15) is 5.75 Å². The Bertz CT molecular complexity index is 718. The van der Waals surface area contributed by atoms with Crippen LogP contribution >= 0.6 is 0 Å². The van der Waals surface area contributed by atoms with Crippen molar-refractivity contribution in [3.63, 3.8) is 0 Å². The van der Waals surface area contributed by atoms with E-state index in [1.54, 1.807) is 17.8 Å². The molecule has 0 aliphatic carbocycles. The van der Waals surface area contributed by atoms with Gasteiger partial charge in [0.2, 0.25) is 0 Å². The van der Waals surface area contributed by atoms with Crippen molar-refractivity contribution in [2.75, 3.05) is 13.7 Å². The molecule has 0 bridgehead atoms. The second kappa shape index (κ2) is 5.30. The van der Waals surface area contributed by atoms with E-state index in [0.29, 0.717) is 6.54 Å². The summed E-state index contributed by atoms with van der Waals surface area (Å²) in [6.07, 6.45) is 4.42. The molecule has 0 spiro atoms. The largest absolute Gasteiger partial charge is 0.497 e. The molecule has 0 fully saturated rings. The molecule has 2 N–H and O–H groups in total. The minimum absolute atomic E-state index is 0.571. The fourth-order valence-electron chi connectivity index (χ4n) is 2.29. The van der Waals surface area contributed by atoms with Gasteiger partial charge in [0, 0.05) is 23.5 Å². The van der Waals surface area contributed by atoms with Crippen LogP contribution in [0.1, 0.15) is 5.56 Å². The van der Waals surface area contributed by atoms with Crippen LogP contribution in [0.3, 0.4) is 0 Å². The van der Waals surface area contributed by atoms with Crippen LogP contribution in [-0.4, -0.2) is 28.3 Å². The van der Waals surface area contributed by atoms with Gasteiger partial charge in [-0.3, -0.25) is 0 Å². The lowest BCUT2D eigenvalue weighted by Gasteiger charge is -2.03. The highest BCUT2D eigenvalue weighted by atomic mass is 16.5. The molecule has 102 valence electrons. The molecule has 0 saturated carbocycles. The molecular weight excluding hydrogens is 252 g/mol. The lowest BCUT2D eigenvalue weighted by atomic mass is 10.1. The molecule has 0 unspecified atom stereocenters. The van der Waals surface area contributed by atoms with Crippen LogP contribution in [0.2, 0.25) is 0 Å². The van der Waals surface area contributed by atoms with Crippen molar-refractivity contribution in [1.29, 1.82) is 0 Å². The van der Waals surface area contributed by atoms with Crippen molar-refractivity contribution in [2.45, 2.75) is 6.42 Å². The van der Waals surface area contributed by atoms with Gasteiger partial charge in [0.05, 0.1) is 12.8 Å². The van der Waals surface area contributed by atoms with E-state index in [1.807, 2.05) is 36.5 Å². The van der Waals surface area contributed by atoms with Crippen LogP contribution < -0.4 is 10.5 Å². The Morgan fingerprint density at radius 3 is 2.75 bits per heavy atom. The summed E-state index contributed by atoms with van der Waals surface area (Å²) in [5.41, 5.74) is 9.63. The highest BCUT2D eigenvalue weighted by Gasteiger charge is 2.14. The summed E-state index contributed by atoms with van der Waals surface area (Å²) >= 11 is 0. The summed E-state index contributed by atoms with van der Waals surface area (Å²) in [6, 6.07) is 9.73. The molecule has 2 heterocycles. The molecule has 0 saturated heterocycles. The van der Waals surface area contributed by atoms with Crippen LogP contribution in [0, 0.1) is 0 Å². The average molecular weight is 268 g/mol. The minimum Gasteiger partial charge on any atom is -0.497 e. The Morgan fingerprint density at radius 1 is 1.25 bits per heavy atom. The topological polar surface area (TPSA) is 65.4 Å². The zero-order chi connectivity index (χ0) is 13.9. The molecule has 5 nitrogen and oxygen atoms in total. The number of fused-ring (bicyclic) bond motifs is 1. The van der Waals surface area contributed by atoms with Crippen LogP contribution in [-0.2, 0) is 6.42 Å². The first-order valence-corrected chi connectivity index (χ1v) is 6.50. The van der Waals surface area contributed by atoms with E-state index in [-0.39, 0.29) is 0 Å². The standard InChI is InChI=1S/C15H16N4O/c1-20-12-5-3-11(4-6-12)14-13(7-8-16)15-17-9-2-10-19(15)18-14/h2-6,9-10H,7-8,16H2,1H3. The lowest BCUT2D eigenvalue weighted by molar-refractivity contribution is 0.415. The SMILES string of the molecule is COc1ccc(-c2nn3cccnc3c2CCN)cc1. The molecule has 0 aliphatic heterocycles. The number of ether oxygens (including phenoxy) is 1.